The van der Waals surface area contributed by atoms with Crippen LogP contribution >= 0.6 is 0 Å². The molecule has 4 heterocycles. The van der Waals surface area contributed by atoms with Crippen LogP contribution in [0.25, 0.3) is 0 Å². The molecule has 478 valence electrons. The molecule has 0 atom stereocenters. The van der Waals surface area contributed by atoms with Crippen molar-refractivity contribution in [3.05, 3.63) is 361 Å². The molecule has 18 rings (SSSR count). The van der Waals surface area contributed by atoms with E-state index in [0.717, 1.165) is 69.0 Å². The van der Waals surface area contributed by atoms with E-state index in [2.05, 4.69) is 399 Å². The number of aryl methyl sites for hydroxylation is 3. The molecule has 8 heteroatoms. The lowest BCUT2D eigenvalue weighted by Crippen LogP contribution is -2.61. The summed E-state index contributed by atoms with van der Waals surface area (Å²) in [6.07, 6.45) is 0.742. The maximum atomic E-state index is 2.55. The molecule has 14 aromatic carbocycles. The lowest BCUT2D eigenvalue weighted by Gasteiger charge is -2.44. The van der Waals surface area contributed by atoms with Crippen molar-refractivity contribution in [2.24, 2.45) is 0 Å². The van der Waals surface area contributed by atoms with E-state index in [0.29, 0.717) is 0 Å². The minimum atomic E-state index is -0.0174. The molecule has 0 saturated carbocycles. The molecule has 6 nitrogen and oxygen atoms in total. The Labute approximate surface area is 588 Å². The molecule has 4 aliphatic rings. The van der Waals surface area contributed by atoms with Crippen LogP contribution in [0.2, 0.25) is 0 Å². The predicted octanol–water partition coefficient (Wildman–Crippen LogP) is 20.6. The molecule has 0 radical (unpaired) electrons. The third-order valence-electron chi connectivity index (χ3n) is 21.0. The van der Waals surface area contributed by atoms with Crippen LogP contribution in [0.1, 0.15) is 54.2 Å². The van der Waals surface area contributed by atoms with Crippen molar-refractivity contribution < 1.29 is 0 Å². The summed E-state index contributed by atoms with van der Waals surface area (Å²) < 4.78 is 0. The fourth-order valence-electron chi connectivity index (χ4n) is 16.3. The Morgan fingerprint density at radius 1 is 0.280 bits per heavy atom. The number of anilines is 18. The van der Waals surface area contributed by atoms with Crippen molar-refractivity contribution in [3.63, 3.8) is 0 Å². The second-order valence-electron chi connectivity index (χ2n) is 28.3. The third kappa shape index (κ3) is 10.2. The highest BCUT2D eigenvalue weighted by atomic mass is 15.2. The number of benzene rings is 14. The lowest BCUT2D eigenvalue weighted by molar-refractivity contribution is 0.590. The maximum absolute atomic E-state index is 2.55. The van der Waals surface area contributed by atoms with E-state index in [1.54, 1.807) is 0 Å². The summed E-state index contributed by atoms with van der Waals surface area (Å²) in [5.74, 6) is 0. The highest BCUT2D eigenvalue weighted by Crippen LogP contribution is 2.49. The summed E-state index contributed by atoms with van der Waals surface area (Å²) in [7, 11) is 0. The van der Waals surface area contributed by atoms with E-state index < -0.39 is 0 Å². The molecule has 0 bridgehead atoms. The van der Waals surface area contributed by atoms with Gasteiger partial charge in [0.25, 0.3) is 13.4 Å². The highest BCUT2D eigenvalue weighted by Gasteiger charge is 2.45. The molecule has 0 aromatic heterocycles. The molecule has 0 unspecified atom stereocenters. The first kappa shape index (κ1) is 60.4. The number of hydrogen-bond donors (Lipinski definition) is 0. The van der Waals surface area contributed by atoms with Crippen LogP contribution in [0.5, 0.6) is 0 Å². The van der Waals surface area contributed by atoms with Gasteiger partial charge in [-0.15, -0.1) is 0 Å². The molecule has 100 heavy (non-hydrogen) atoms. The van der Waals surface area contributed by atoms with Crippen molar-refractivity contribution in [1.82, 2.24) is 0 Å². The Morgan fingerprint density at radius 2 is 0.660 bits per heavy atom. The third-order valence-corrected chi connectivity index (χ3v) is 21.0. The first-order chi connectivity index (χ1) is 49.0. The van der Waals surface area contributed by atoms with Gasteiger partial charge in [-0.05, 0) is 239 Å². The van der Waals surface area contributed by atoms with E-state index in [1.807, 2.05) is 0 Å². The second-order valence-corrected chi connectivity index (χ2v) is 28.3. The van der Waals surface area contributed by atoms with Gasteiger partial charge in [-0.25, -0.2) is 0 Å². The van der Waals surface area contributed by atoms with E-state index in [4.69, 9.17) is 0 Å². The molecule has 4 aliphatic heterocycles. The predicted molar refractivity (Wildman–Crippen MR) is 426 cm³/mol. The summed E-state index contributed by atoms with van der Waals surface area (Å²) in [5.41, 5.74) is 35.8. The minimum Gasteiger partial charge on any atom is -0.311 e. The summed E-state index contributed by atoms with van der Waals surface area (Å²) in [4.78, 5) is 14.9. The Hall–Kier alpha value is -12.0. The van der Waals surface area contributed by atoms with Gasteiger partial charge in [-0.2, -0.15) is 0 Å². The van der Waals surface area contributed by atoms with Gasteiger partial charge in [-0.3, -0.25) is 0 Å². The zero-order valence-electron chi connectivity index (χ0n) is 57.2. The smallest absolute Gasteiger partial charge is 0.252 e. The molecule has 0 N–H and O–H groups in total. The monoisotopic (exact) mass is 1280 g/mol. The Morgan fingerprint density at radius 3 is 1.19 bits per heavy atom. The van der Waals surface area contributed by atoms with Crippen molar-refractivity contribution in [2.45, 2.75) is 53.4 Å². The largest absolute Gasteiger partial charge is 0.311 e. The van der Waals surface area contributed by atoms with Crippen LogP contribution in [0, 0.1) is 20.8 Å². The first-order valence-corrected chi connectivity index (χ1v) is 35.1. The van der Waals surface area contributed by atoms with Crippen LogP contribution in [0.3, 0.4) is 0 Å². The van der Waals surface area contributed by atoms with E-state index >= 15 is 0 Å². The van der Waals surface area contributed by atoms with Crippen LogP contribution < -0.4 is 62.2 Å². The summed E-state index contributed by atoms with van der Waals surface area (Å²) >= 11 is 0. The van der Waals surface area contributed by atoms with Crippen LogP contribution in [0.15, 0.2) is 328 Å². The molecule has 0 spiro atoms. The quantitative estimate of drug-likeness (QED) is 0.113. The molecule has 14 aromatic rings. The van der Waals surface area contributed by atoms with Gasteiger partial charge >= 0.3 is 0 Å². The average molecular weight is 1290 g/mol. The van der Waals surface area contributed by atoms with Crippen LogP contribution in [-0.4, -0.2) is 13.4 Å². The van der Waals surface area contributed by atoms with Gasteiger partial charge in [0.2, 0.25) is 0 Å². The molecule has 0 amide bonds. The summed E-state index contributed by atoms with van der Waals surface area (Å²) in [5, 5.41) is 0. The minimum absolute atomic E-state index is 0.00895. The van der Waals surface area contributed by atoms with Gasteiger partial charge < -0.3 is 29.4 Å². The van der Waals surface area contributed by atoms with Crippen molar-refractivity contribution >= 4 is 149 Å². The number of nitrogens with zero attached hydrogens (tertiary/aromatic N) is 6. The standard InChI is InChI=1S/C92H74B2N6/c1-62-38-46-70(47-39-62)95(75-54-56-79-88(60-75)99(73-48-40-63(2)41-49-73)86-36-20-34-84-90(86)93(79)77-29-14-17-32-82(77)97(84)68-24-9-7-10-25-68)71-50-42-65(43-51-71)58-66-23-19-28-74(59-66)100-87-37-21-35-85-91(87)94(78-30-15-18-33-83(78)98(85)69-26-11-8-12-27-69)80-57-55-76(61-89(80)100)96(81-31-16-13-22-64(81)3)72-52-44-67(45-53-72)92(4,5)6/h7-57,59-61H,58H2,1-6H3. The van der Waals surface area contributed by atoms with Crippen molar-refractivity contribution in [1.29, 1.82) is 0 Å². The fraction of sp³-hybridized carbons (Fsp3) is 0.0870. The number of hydrogen-bond acceptors (Lipinski definition) is 6. The van der Waals surface area contributed by atoms with Crippen LogP contribution in [0.4, 0.5) is 102 Å². The average Bonchev–Trinajstić information content (AvgIpc) is 0.707. The topological polar surface area (TPSA) is 19.4 Å². The number of fused-ring (bicyclic) bond motifs is 8. The molecule has 0 aliphatic carbocycles. The fourth-order valence-corrected chi connectivity index (χ4v) is 16.3. The van der Waals surface area contributed by atoms with Gasteiger partial charge in [-0.1, -0.05) is 208 Å². The molecule has 0 fully saturated rings. The Bertz CT molecular complexity index is 5460. The zero-order valence-corrected chi connectivity index (χ0v) is 57.2. The first-order valence-electron chi connectivity index (χ1n) is 35.1. The second kappa shape index (κ2) is 24.2. The molecular weight excluding hydrogens is 1210 g/mol. The normalized spacial score (nSPS) is 13.0. The van der Waals surface area contributed by atoms with E-state index in [1.165, 1.54) is 106 Å². The number of rotatable bonds is 12. The molecule has 0 saturated heterocycles. The van der Waals surface area contributed by atoms with E-state index in [9.17, 15) is 0 Å². The van der Waals surface area contributed by atoms with Gasteiger partial charge in [0.05, 0.1) is 0 Å². The number of para-hydroxylation sites is 5. The summed E-state index contributed by atoms with van der Waals surface area (Å²) in [6.45, 7) is 13.4. The zero-order chi connectivity index (χ0) is 67.3. The van der Waals surface area contributed by atoms with Crippen LogP contribution in [-0.2, 0) is 11.8 Å². The van der Waals surface area contributed by atoms with Gasteiger partial charge in [0.15, 0.2) is 0 Å². The highest BCUT2D eigenvalue weighted by molar-refractivity contribution is 7.01. The van der Waals surface area contributed by atoms with Crippen molar-refractivity contribution in [2.75, 3.05) is 29.4 Å². The summed E-state index contributed by atoms with van der Waals surface area (Å²) in [6, 6.07) is 123. The lowest BCUT2D eigenvalue weighted by atomic mass is 9.33. The Balaban J connectivity index is 0.742. The Kier molecular flexibility index (Phi) is 14.6. The molecular formula is C92H74B2N6. The van der Waals surface area contributed by atoms with E-state index in [-0.39, 0.29) is 18.8 Å². The van der Waals surface area contributed by atoms with Gasteiger partial charge in [0.1, 0.15) is 0 Å². The maximum Gasteiger partial charge on any atom is 0.252 e. The SMILES string of the molecule is Cc1ccc(N(c2ccc(Cc3cccc(N4c5cc(N(c6ccc(C(C)(C)C)cc6)c6ccccc6C)ccc5B5c6ccccc6N(c6ccccc6)c6cccc4c65)c3)cc2)c2ccc3c(c2)N(c2ccc(C)cc2)c2cccc4c2B3c2ccccc2N4c2ccccc2)cc1. The van der Waals surface area contributed by atoms with Gasteiger partial charge in [0, 0.05) is 102 Å². The van der Waals surface area contributed by atoms with Crippen molar-refractivity contribution in [3.8, 4) is 0 Å².